The summed E-state index contributed by atoms with van der Waals surface area (Å²) < 4.78 is 4.63. The molecule has 2 unspecified atom stereocenters. The lowest BCUT2D eigenvalue weighted by molar-refractivity contribution is -0.208. The maximum absolute atomic E-state index is 11.2. The van der Waals surface area contributed by atoms with E-state index in [4.69, 9.17) is 0 Å². The van der Waals surface area contributed by atoms with Gasteiger partial charge in [0.15, 0.2) is 0 Å². The smallest absolute Gasteiger partial charge is 0.309 e. The summed E-state index contributed by atoms with van der Waals surface area (Å²) in [6, 6.07) is 0. The Morgan fingerprint density at radius 1 is 1.50 bits per heavy atom. The molecule has 4 nitrogen and oxygen atoms in total. The highest BCUT2D eigenvalue weighted by molar-refractivity contribution is 5.91. The highest BCUT2D eigenvalue weighted by Crippen LogP contribution is 2.39. The fraction of sp³-hybridized carbons (Fsp3) is 0.750. The summed E-state index contributed by atoms with van der Waals surface area (Å²) in [4.78, 5) is 22.0. The average molecular weight is 170 g/mol. The van der Waals surface area contributed by atoms with Gasteiger partial charge in [-0.1, -0.05) is 0 Å². The molecule has 0 aromatic rings. The molecule has 1 aliphatic heterocycles. The van der Waals surface area contributed by atoms with E-state index in [2.05, 4.69) is 4.74 Å². The number of ketones is 1. The van der Waals surface area contributed by atoms with Crippen molar-refractivity contribution in [3.05, 3.63) is 0 Å². The number of fused-ring (bicyclic) bond motifs is 1. The summed E-state index contributed by atoms with van der Waals surface area (Å²) in [5, 5.41) is 9.66. The first kappa shape index (κ1) is 7.73. The quantitative estimate of drug-likeness (QED) is 0.519. The first-order valence-electron chi connectivity index (χ1n) is 4.10. The number of hydrogen-bond donors (Lipinski definition) is 1. The zero-order valence-corrected chi connectivity index (χ0v) is 6.58. The lowest BCUT2D eigenvalue weighted by Gasteiger charge is -2.29. The fourth-order valence-electron chi connectivity index (χ4n) is 1.91. The molecule has 0 aromatic heterocycles. The summed E-state index contributed by atoms with van der Waals surface area (Å²) in [5.41, 5.74) is 0. The van der Waals surface area contributed by atoms with Crippen molar-refractivity contribution in [1.29, 1.82) is 0 Å². The van der Waals surface area contributed by atoms with Crippen molar-refractivity contribution in [2.45, 2.75) is 31.5 Å². The third-order valence-electron chi connectivity index (χ3n) is 2.59. The van der Waals surface area contributed by atoms with E-state index in [1.54, 1.807) is 0 Å². The van der Waals surface area contributed by atoms with Crippen LogP contribution in [0.1, 0.15) is 25.7 Å². The van der Waals surface area contributed by atoms with Crippen LogP contribution in [0.3, 0.4) is 0 Å². The van der Waals surface area contributed by atoms with Crippen LogP contribution in [0, 0.1) is 5.92 Å². The van der Waals surface area contributed by atoms with Gasteiger partial charge < -0.3 is 9.84 Å². The Morgan fingerprint density at radius 2 is 2.25 bits per heavy atom. The Kier molecular flexibility index (Phi) is 1.48. The first-order chi connectivity index (χ1) is 5.63. The minimum absolute atomic E-state index is 0.183. The largest absolute Gasteiger partial charge is 0.425 e. The first-order valence-corrected chi connectivity index (χ1v) is 4.10. The van der Waals surface area contributed by atoms with E-state index in [0.717, 1.165) is 6.42 Å². The van der Waals surface area contributed by atoms with Crippen LogP contribution in [0.4, 0.5) is 0 Å². The van der Waals surface area contributed by atoms with Crippen molar-refractivity contribution >= 4 is 11.8 Å². The maximum Gasteiger partial charge on any atom is 0.309 e. The molecule has 66 valence electrons. The van der Waals surface area contributed by atoms with Gasteiger partial charge in [0.05, 0.1) is 6.42 Å². The van der Waals surface area contributed by atoms with Crippen molar-refractivity contribution in [2.75, 3.05) is 0 Å². The molecule has 2 aliphatic rings. The van der Waals surface area contributed by atoms with E-state index in [-0.39, 0.29) is 18.1 Å². The van der Waals surface area contributed by atoms with Gasteiger partial charge in [0, 0.05) is 12.3 Å². The van der Waals surface area contributed by atoms with Gasteiger partial charge in [0.1, 0.15) is 0 Å². The Morgan fingerprint density at radius 3 is 2.92 bits per heavy atom. The van der Waals surface area contributed by atoms with Gasteiger partial charge in [-0.15, -0.1) is 0 Å². The van der Waals surface area contributed by atoms with E-state index < -0.39 is 11.8 Å². The summed E-state index contributed by atoms with van der Waals surface area (Å²) in [5.74, 6) is -2.87. The van der Waals surface area contributed by atoms with Crippen LogP contribution in [0.25, 0.3) is 0 Å². The van der Waals surface area contributed by atoms with Crippen molar-refractivity contribution < 1.29 is 19.4 Å². The van der Waals surface area contributed by atoms with Gasteiger partial charge in [-0.05, 0) is 12.8 Å². The Bertz CT molecular complexity index is 247. The van der Waals surface area contributed by atoms with Crippen LogP contribution in [-0.2, 0) is 14.3 Å². The van der Waals surface area contributed by atoms with Gasteiger partial charge in [0.2, 0.25) is 5.78 Å². The SMILES string of the molecule is O=C1CC2CCCC(=O)C2(O)O1. The molecule has 2 rings (SSSR count). The second-order valence-corrected chi connectivity index (χ2v) is 3.39. The second-order valence-electron chi connectivity index (χ2n) is 3.39. The highest BCUT2D eigenvalue weighted by Gasteiger charge is 2.54. The van der Waals surface area contributed by atoms with Crippen LogP contribution >= 0.6 is 0 Å². The second kappa shape index (κ2) is 2.29. The Hall–Kier alpha value is -0.900. The van der Waals surface area contributed by atoms with Gasteiger partial charge in [0.25, 0.3) is 5.79 Å². The third kappa shape index (κ3) is 0.876. The Labute approximate surface area is 69.5 Å². The molecule has 1 aliphatic carbocycles. The topological polar surface area (TPSA) is 63.6 Å². The summed E-state index contributed by atoms with van der Waals surface area (Å²) in [6.07, 6.45) is 1.96. The third-order valence-corrected chi connectivity index (χ3v) is 2.59. The van der Waals surface area contributed by atoms with Crippen molar-refractivity contribution in [3.63, 3.8) is 0 Å². The number of Topliss-reactive ketones (excluding diaryl/α,β-unsaturated/α-hetero) is 1. The lowest BCUT2D eigenvalue weighted by Crippen LogP contribution is -2.46. The fourth-order valence-corrected chi connectivity index (χ4v) is 1.91. The van der Waals surface area contributed by atoms with Crippen molar-refractivity contribution in [3.8, 4) is 0 Å². The number of ether oxygens (including phenoxy) is 1. The number of rotatable bonds is 0. The number of esters is 1. The van der Waals surface area contributed by atoms with Crippen molar-refractivity contribution in [2.24, 2.45) is 5.92 Å². The van der Waals surface area contributed by atoms with Crippen LogP contribution in [0.5, 0.6) is 0 Å². The monoisotopic (exact) mass is 170 g/mol. The molecule has 0 amide bonds. The standard InChI is InChI=1S/C8H10O4/c9-6-3-1-2-5-4-7(10)12-8(5,6)11/h5,11H,1-4H2. The van der Waals surface area contributed by atoms with Gasteiger partial charge in [-0.3, -0.25) is 9.59 Å². The molecule has 1 saturated carbocycles. The molecule has 0 spiro atoms. The van der Waals surface area contributed by atoms with E-state index >= 15 is 0 Å². The van der Waals surface area contributed by atoms with Crippen LogP contribution < -0.4 is 0 Å². The van der Waals surface area contributed by atoms with Crippen LogP contribution in [0.2, 0.25) is 0 Å². The summed E-state index contributed by atoms with van der Waals surface area (Å²) in [6.45, 7) is 0. The minimum Gasteiger partial charge on any atom is -0.425 e. The molecule has 0 aromatic carbocycles. The number of carbonyl (C=O) groups is 2. The molecule has 2 fully saturated rings. The molecule has 1 saturated heterocycles. The predicted octanol–water partition coefficient (Wildman–Crippen LogP) is -0.00890. The lowest BCUT2D eigenvalue weighted by atomic mass is 9.82. The maximum atomic E-state index is 11.2. The summed E-state index contributed by atoms with van der Waals surface area (Å²) >= 11 is 0. The van der Waals surface area contributed by atoms with E-state index in [0.29, 0.717) is 12.8 Å². The van der Waals surface area contributed by atoms with E-state index in [1.807, 2.05) is 0 Å². The van der Waals surface area contributed by atoms with Crippen LogP contribution in [0.15, 0.2) is 0 Å². The molecular formula is C8H10O4. The molecular weight excluding hydrogens is 160 g/mol. The van der Waals surface area contributed by atoms with Gasteiger partial charge in [-0.2, -0.15) is 0 Å². The van der Waals surface area contributed by atoms with Gasteiger partial charge in [-0.25, -0.2) is 0 Å². The zero-order chi connectivity index (χ0) is 8.77. The highest BCUT2D eigenvalue weighted by atomic mass is 16.7. The van der Waals surface area contributed by atoms with E-state index in [1.165, 1.54) is 0 Å². The molecule has 1 heterocycles. The summed E-state index contributed by atoms with van der Waals surface area (Å²) in [7, 11) is 0. The Balaban J connectivity index is 2.29. The van der Waals surface area contributed by atoms with Crippen LogP contribution in [-0.4, -0.2) is 22.6 Å². The number of aliphatic hydroxyl groups is 1. The number of hydrogen-bond acceptors (Lipinski definition) is 4. The molecule has 2 atom stereocenters. The van der Waals surface area contributed by atoms with E-state index in [9.17, 15) is 14.7 Å². The minimum atomic E-state index is -1.77. The molecule has 0 bridgehead atoms. The molecule has 0 radical (unpaired) electrons. The molecule has 12 heavy (non-hydrogen) atoms. The number of carbonyl (C=O) groups excluding carboxylic acids is 2. The average Bonchev–Trinajstić information content (AvgIpc) is 2.27. The van der Waals surface area contributed by atoms with Gasteiger partial charge >= 0.3 is 5.97 Å². The van der Waals surface area contributed by atoms with Crippen molar-refractivity contribution in [1.82, 2.24) is 0 Å². The predicted molar refractivity (Wildman–Crippen MR) is 38.0 cm³/mol. The zero-order valence-electron chi connectivity index (χ0n) is 6.58. The molecule has 1 N–H and O–H groups in total. The molecule has 4 heteroatoms. The normalized spacial score (nSPS) is 40.9.